The maximum absolute atomic E-state index is 12.5. The molecule has 0 aliphatic carbocycles. The van der Waals surface area contributed by atoms with Gasteiger partial charge in [0.15, 0.2) is 0 Å². The highest BCUT2D eigenvalue weighted by atomic mass is 32.1. The van der Waals surface area contributed by atoms with E-state index in [9.17, 15) is 9.90 Å². The van der Waals surface area contributed by atoms with Crippen molar-refractivity contribution < 1.29 is 9.90 Å². The Balaban J connectivity index is 1.57. The summed E-state index contributed by atoms with van der Waals surface area (Å²) >= 11 is 1.65. The van der Waals surface area contributed by atoms with Gasteiger partial charge in [-0.25, -0.2) is 4.98 Å². The number of likely N-dealkylation sites (tertiary alicyclic amines) is 1. The van der Waals surface area contributed by atoms with Crippen molar-refractivity contribution in [3.63, 3.8) is 0 Å². The third-order valence-corrected chi connectivity index (χ3v) is 5.57. The number of piperidine rings is 1. The van der Waals surface area contributed by atoms with Gasteiger partial charge in [-0.05, 0) is 38.2 Å². The number of hydrogen-bond donors (Lipinski definition) is 1. The lowest BCUT2D eigenvalue weighted by Gasteiger charge is -2.33. The minimum atomic E-state index is -0.274. The number of nitrogens with zero attached hydrogens (tertiary/aromatic N) is 2. The molecule has 24 heavy (non-hydrogen) atoms. The predicted molar refractivity (Wildman–Crippen MR) is 97.0 cm³/mol. The summed E-state index contributed by atoms with van der Waals surface area (Å²) in [5, 5.41) is 12.8. The van der Waals surface area contributed by atoms with Gasteiger partial charge >= 0.3 is 0 Å². The highest BCUT2D eigenvalue weighted by molar-refractivity contribution is 7.09. The summed E-state index contributed by atoms with van der Waals surface area (Å²) in [6.07, 6.45) is 1.95. The van der Waals surface area contributed by atoms with Gasteiger partial charge in [-0.15, -0.1) is 11.3 Å². The number of carbonyl (C=O) groups excluding carboxylic acids is 1. The number of carbonyl (C=O) groups is 1. The first-order chi connectivity index (χ1) is 11.5. The SMILES string of the molecule is Cc1nc(-c2ccc(CC(=O)N3CCC(C(C)O)CC3)cc2)cs1. The molecule has 128 valence electrons. The number of rotatable bonds is 4. The fourth-order valence-corrected chi connectivity index (χ4v) is 3.83. The monoisotopic (exact) mass is 344 g/mol. The molecule has 1 aromatic carbocycles. The van der Waals surface area contributed by atoms with Gasteiger partial charge in [-0.3, -0.25) is 4.79 Å². The van der Waals surface area contributed by atoms with Crippen LogP contribution in [0.4, 0.5) is 0 Å². The van der Waals surface area contributed by atoms with Crippen molar-refractivity contribution in [2.75, 3.05) is 13.1 Å². The van der Waals surface area contributed by atoms with E-state index in [1.54, 1.807) is 11.3 Å². The number of benzene rings is 1. The van der Waals surface area contributed by atoms with Crippen LogP contribution < -0.4 is 0 Å². The van der Waals surface area contributed by atoms with E-state index in [2.05, 4.69) is 10.4 Å². The normalized spacial score (nSPS) is 17.0. The molecular formula is C19H24N2O2S. The Bertz CT molecular complexity index is 686. The van der Waals surface area contributed by atoms with Gasteiger partial charge < -0.3 is 10.0 Å². The molecule has 1 aromatic heterocycles. The molecule has 1 aliphatic rings. The summed E-state index contributed by atoms with van der Waals surface area (Å²) in [6.45, 7) is 5.35. The Morgan fingerprint density at radius 2 is 2.00 bits per heavy atom. The molecule has 1 N–H and O–H groups in total. The maximum Gasteiger partial charge on any atom is 0.226 e. The van der Waals surface area contributed by atoms with E-state index in [4.69, 9.17) is 0 Å². The average Bonchev–Trinajstić information content (AvgIpc) is 3.02. The molecule has 0 radical (unpaired) electrons. The number of aliphatic hydroxyl groups is 1. The molecular weight excluding hydrogens is 320 g/mol. The van der Waals surface area contributed by atoms with E-state index in [0.717, 1.165) is 47.8 Å². The second-order valence-electron chi connectivity index (χ2n) is 6.58. The Morgan fingerprint density at radius 1 is 1.33 bits per heavy atom. The highest BCUT2D eigenvalue weighted by Gasteiger charge is 2.25. The van der Waals surface area contributed by atoms with Gasteiger partial charge in [0, 0.05) is 24.0 Å². The summed E-state index contributed by atoms with van der Waals surface area (Å²) in [4.78, 5) is 18.9. The van der Waals surface area contributed by atoms with Gasteiger partial charge in [0.05, 0.1) is 23.2 Å². The van der Waals surface area contributed by atoms with Crippen molar-refractivity contribution in [3.05, 3.63) is 40.2 Å². The predicted octanol–water partition coefficient (Wildman–Crippen LogP) is 3.28. The van der Waals surface area contributed by atoms with Crippen LogP contribution in [0.1, 0.15) is 30.3 Å². The Kier molecular flexibility index (Phi) is 5.31. The summed E-state index contributed by atoms with van der Waals surface area (Å²) in [5.74, 6) is 0.506. The third-order valence-electron chi connectivity index (χ3n) is 4.80. The zero-order valence-electron chi connectivity index (χ0n) is 14.2. The Morgan fingerprint density at radius 3 is 2.54 bits per heavy atom. The van der Waals surface area contributed by atoms with E-state index in [0.29, 0.717) is 12.3 Å². The molecule has 1 unspecified atom stereocenters. The summed E-state index contributed by atoms with van der Waals surface area (Å²) < 4.78 is 0. The van der Waals surface area contributed by atoms with Crippen molar-refractivity contribution in [1.82, 2.24) is 9.88 Å². The van der Waals surface area contributed by atoms with Crippen molar-refractivity contribution in [1.29, 1.82) is 0 Å². The first kappa shape index (κ1) is 17.1. The fraction of sp³-hybridized carbons (Fsp3) is 0.474. The molecule has 2 heterocycles. The van der Waals surface area contributed by atoms with Crippen LogP contribution in [0.3, 0.4) is 0 Å². The summed E-state index contributed by atoms with van der Waals surface area (Å²) in [7, 11) is 0. The standard InChI is InChI=1S/C19H24N2O2S/c1-13(22)16-7-9-21(10-8-16)19(23)11-15-3-5-17(6-4-15)18-12-24-14(2)20-18/h3-6,12-13,16,22H,7-11H2,1-2H3. The lowest BCUT2D eigenvalue weighted by atomic mass is 9.92. The van der Waals surface area contributed by atoms with Crippen molar-refractivity contribution in [2.45, 2.75) is 39.2 Å². The van der Waals surface area contributed by atoms with Crippen LogP contribution in [0.5, 0.6) is 0 Å². The van der Waals surface area contributed by atoms with Crippen molar-refractivity contribution in [3.8, 4) is 11.3 Å². The second-order valence-corrected chi connectivity index (χ2v) is 7.65. The van der Waals surface area contributed by atoms with E-state index in [1.807, 2.05) is 43.0 Å². The van der Waals surface area contributed by atoms with E-state index in [-0.39, 0.29) is 12.0 Å². The van der Waals surface area contributed by atoms with Gasteiger partial charge in [0.25, 0.3) is 0 Å². The van der Waals surface area contributed by atoms with Crippen LogP contribution in [0.15, 0.2) is 29.6 Å². The molecule has 0 bridgehead atoms. The topological polar surface area (TPSA) is 53.4 Å². The first-order valence-electron chi connectivity index (χ1n) is 8.50. The van der Waals surface area contributed by atoms with Crippen LogP contribution in [-0.2, 0) is 11.2 Å². The quantitative estimate of drug-likeness (QED) is 0.926. The van der Waals surface area contributed by atoms with Crippen molar-refractivity contribution >= 4 is 17.2 Å². The molecule has 1 atom stereocenters. The van der Waals surface area contributed by atoms with E-state index >= 15 is 0 Å². The number of hydrogen-bond acceptors (Lipinski definition) is 4. The minimum Gasteiger partial charge on any atom is -0.393 e. The maximum atomic E-state index is 12.5. The number of aliphatic hydroxyl groups excluding tert-OH is 1. The summed E-state index contributed by atoms with van der Waals surface area (Å²) in [6, 6.07) is 8.11. The molecule has 2 aromatic rings. The molecule has 1 saturated heterocycles. The van der Waals surface area contributed by atoms with Gasteiger partial charge in [-0.1, -0.05) is 24.3 Å². The minimum absolute atomic E-state index is 0.177. The number of aromatic nitrogens is 1. The molecule has 0 saturated carbocycles. The molecule has 4 nitrogen and oxygen atoms in total. The van der Waals surface area contributed by atoms with Crippen LogP contribution in [-0.4, -0.2) is 40.1 Å². The number of amides is 1. The lowest BCUT2D eigenvalue weighted by molar-refractivity contribution is -0.132. The zero-order valence-corrected chi connectivity index (χ0v) is 15.1. The van der Waals surface area contributed by atoms with E-state index in [1.165, 1.54) is 0 Å². The van der Waals surface area contributed by atoms with E-state index < -0.39 is 0 Å². The molecule has 1 amide bonds. The lowest BCUT2D eigenvalue weighted by Crippen LogP contribution is -2.41. The van der Waals surface area contributed by atoms with Crippen LogP contribution in [0, 0.1) is 12.8 Å². The molecule has 3 rings (SSSR count). The third kappa shape index (κ3) is 4.02. The van der Waals surface area contributed by atoms with Crippen LogP contribution in [0.25, 0.3) is 11.3 Å². The van der Waals surface area contributed by atoms with Gasteiger partial charge in [0.2, 0.25) is 5.91 Å². The van der Waals surface area contributed by atoms with Crippen molar-refractivity contribution in [2.24, 2.45) is 5.92 Å². The largest absolute Gasteiger partial charge is 0.393 e. The first-order valence-corrected chi connectivity index (χ1v) is 9.38. The fourth-order valence-electron chi connectivity index (χ4n) is 3.21. The van der Waals surface area contributed by atoms with Crippen LogP contribution >= 0.6 is 11.3 Å². The molecule has 1 aliphatic heterocycles. The molecule has 5 heteroatoms. The molecule has 0 spiro atoms. The molecule has 1 fully saturated rings. The van der Waals surface area contributed by atoms with Crippen LogP contribution in [0.2, 0.25) is 0 Å². The Labute approximate surface area is 147 Å². The van der Waals surface area contributed by atoms with Gasteiger partial charge in [-0.2, -0.15) is 0 Å². The smallest absolute Gasteiger partial charge is 0.226 e. The highest BCUT2D eigenvalue weighted by Crippen LogP contribution is 2.23. The summed E-state index contributed by atoms with van der Waals surface area (Å²) in [5.41, 5.74) is 3.12. The zero-order chi connectivity index (χ0) is 17.1. The van der Waals surface area contributed by atoms with Gasteiger partial charge in [0.1, 0.15) is 0 Å². The average molecular weight is 344 g/mol. The second kappa shape index (κ2) is 7.45. The number of thiazole rings is 1. The Hall–Kier alpha value is -1.72. The number of aryl methyl sites for hydroxylation is 1.